The van der Waals surface area contributed by atoms with Gasteiger partial charge in [0, 0.05) is 32.1 Å². The molecule has 2 aromatic heterocycles. The van der Waals surface area contributed by atoms with Crippen LogP contribution in [0.5, 0.6) is 0 Å². The summed E-state index contributed by atoms with van der Waals surface area (Å²) in [7, 11) is 1.89. The highest BCUT2D eigenvalue weighted by atomic mass is 35.5. The molecule has 3 heterocycles. The number of aryl methyl sites for hydroxylation is 1. The zero-order valence-electron chi connectivity index (χ0n) is 18.7. The molecule has 0 radical (unpaired) electrons. The normalized spacial score (nSPS) is 14.5. The van der Waals surface area contributed by atoms with Gasteiger partial charge in [-0.25, -0.2) is 4.98 Å². The minimum Gasteiger partial charge on any atom is -0.321 e. The molecular weight excluding hydrogens is 469 g/mol. The Morgan fingerprint density at radius 1 is 1.24 bits per heavy atom. The number of carbonyl (C=O) groups is 1. The van der Waals surface area contributed by atoms with Crippen molar-refractivity contribution >= 4 is 23.3 Å². The van der Waals surface area contributed by atoms with Gasteiger partial charge >= 0.3 is 6.18 Å². The van der Waals surface area contributed by atoms with Gasteiger partial charge in [-0.05, 0) is 40.8 Å². The standard InChI is InChI=1S/C23H24ClF3N6O/c1-14(7-21-31-29-13-32(21)2)16-3-4-17-12-33(22(34)18(17)10-16)20-9-15(8-19(24)30-20)11-28-6-5-23(25,26)27/h3-4,8-10,13-14,28H,5-7,11-12H2,1-2H3/t14-/m0/s1. The number of hydrogen-bond acceptors (Lipinski definition) is 5. The molecule has 0 bridgehead atoms. The minimum absolute atomic E-state index is 0.133. The lowest BCUT2D eigenvalue weighted by Crippen LogP contribution is -2.25. The van der Waals surface area contributed by atoms with E-state index in [9.17, 15) is 18.0 Å². The predicted octanol–water partition coefficient (Wildman–Crippen LogP) is 4.41. The summed E-state index contributed by atoms with van der Waals surface area (Å²) in [6.07, 6.45) is -2.79. The Labute approximate surface area is 200 Å². The summed E-state index contributed by atoms with van der Waals surface area (Å²) in [6.45, 7) is 2.40. The zero-order chi connectivity index (χ0) is 24.5. The molecule has 1 amide bonds. The van der Waals surface area contributed by atoms with Gasteiger partial charge in [-0.2, -0.15) is 13.2 Å². The maximum absolute atomic E-state index is 13.2. The molecule has 11 heteroatoms. The number of fused-ring (bicyclic) bond motifs is 1. The summed E-state index contributed by atoms with van der Waals surface area (Å²) in [6, 6.07) is 9.11. The molecule has 1 aromatic carbocycles. The highest BCUT2D eigenvalue weighted by Gasteiger charge is 2.31. The van der Waals surface area contributed by atoms with E-state index in [4.69, 9.17) is 11.6 Å². The maximum atomic E-state index is 13.2. The second-order valence-electron chi connectivity index (χ2n) is 8.47. The number of nitrogens with one attached hydrogen (secondary N) is 1. The number of aromatic nitrogens is 4. The monoisotopic (exact) mass is 492 g/mol. The number of rotatable bonds is 8. The number of nitrogens with zero attached hydrogens (tertiary/aromatic N) is 5. The van der Waals surface area contributed by atoms with Crippen LogP contribution < -0.4 is 10.2 Å². The van der Waals surface area contributed by atoms with E-state index in [-0.39, 0.29) is 30.1 Å². The Bertz CT molecular complexity index is 1200. The van der Waals surface area contributed by atoms with Crippen molar-refractivity contribution in [2.24, 2.45) is 7.05 Å². The van der Waals surface area contributed by atoms with Crippen molar-refractivity contribution in [3.8, 4) is 0 Å². The molecule has 1 N–H and O–H groups in total. The van der Waals surface area contributed by atoms with Crippen molar-refractivity contribution in [2.45, 2.75) is 44.9 Å². The summed E-state index contributed by atoms with van der Waals surface area (Å²) < 4.78 is 38.9. The van der Waals surface area contributed by atoms with Crippen LogP contribution in [-0.2, 0) is 26.6 Å². The summed E-state index contributed by atoms with van der Waals surface area (Å²) in [4.78, 5) is 19.0. The Kier molecular flexibility index (Phi) is 6.90. The largest absolute Gasteiger partial charge is 0.390 e. The smallest absolute Gasteiger partial charge is 0.321 e. The number of benzene rings is 1. The van der Waals surface area contributed by atoms with Gasteiger partial charge in [0.05, 0.1) is 13.0 Å². The molecule has 1 atom stereocenters. The SMILES string of the molecule is C[C@@H](Cc1nncn1C)c1ccc2c(c1)C(=O)N(c1cc(CNCCC(F)(F)F)cc(Cl)n1)C2. The van der Waals surface area contributed by atoms with Crippen LogP contribution in [0.15, 0.2) is 36.7 Å². The molecule has 3 aromatic rings. The molecule has 180 valence electrons. The molecule has 4 rings (SSSR count). The lowest BCUT2D eigenvalue weighted by atomic mass is 9.94. The molecule has 1 aliphatic rings. The Morgan fingerprint density at radius 2 is 2.03 bits per heavy atom. The molecule has 0 fully saturated rings. The molecule has 34 heavy (non-hydrogen) atoms. The first-order valence-corrected chi connectivity index (χ1v) is 11.2. The van der Waals surface area contributed by atoms with E-state index in [1.165, 1.54) is 4.90 Å². The van der Waals surface area contributed by atoms with Crippen LogP contribution in [0.4, 0.5) is 19.0 Å². The highest BCUT2D eigenvalue weighted by Crippen LogP contribution is 2.31. The minimum atomic E-state index is -4.22. The second kappa shape index (κ2) is 9.71. The third-order valence-electron chi connectivity index (χ3n) is 5.83. The topological polar surface area (TPSA) is 75.9 Å². The Hall–Kier alpha value is -2.98. The number of alkyl halides is 3. The maximum Gasteiger partial charge on any atom is 0.390 e. The average molecular weight is 493 g/mol. The van der Waals surface area contributed by atoms with Gasteiger partial charge in [-0.1, -0.05) is 30.7 Å². The van der Waals surface area contributed by atoms with E-state index in [1.54, 1.807) is 18.5 Å². The summed E-state index contributed by atoms with van der Waals surface area (Å²) in [5.41, 5.74) is 3.16. The van der Waals surface area contributed by atoms with Gasteiger partial charge in [0.15, 0.2) is 0 Å². The molecule has 0 saturated carbocycles. The van der Waals surface area contributed by atoms with E-state index in [2.05, 4.69) is 27.4 Å². The third-order valence-corrected chi connectivity index (χ3v) is 6.03. The quantitative estimate of drug-likeness (QED) is 0.372. The Balaban J connectivity index is 1.47. The summed E-state index contributed by atoms with van der Waals surface area (Å²) in [5, 5.41) is 11.0. The Morgan fingerprint density at radius 3 is 2.74 bits per heavy atom. The first-order valence-electron chi connectivity index (χ1n) is 10.8. The van der Waals surface area contributed by atoms with Crippen LogP contribution >= 0.6 is 11.6 Å². The van der Waals surface area contributed by atoms with Crippen LogP contribution in [0.2, 0.25) is 5.15 Å². The number of carbonyl (C=O) groups excluding carboxylic acids is 1. The molecule has 7 nitrogen and oxygen atoms in total. The molecule has 1 aliphatic heterocycles. The number of anilines is 1. The lowest BCUT2D eigenvalue weighted by Gasteiger charge is -2.16. The number of hydrogen-bond donors (Lipinski definition) is 1. The number of amides is 1. The lowest BCUT2D eigenvalue weighted by molar-refractivity contribution is -0.133. The fourth-order valence-corrected chi connectivity index (χ4v) is 4.16. The highest BCUT2D eigenvalue weighted by molar-refractivity contribution is 6.29. The van der Waals surface area contributed by atoms with Gasteiger partial charge in [0.25, 0.3) is 5.91 Å². The fourth-order valence-electron chi connectivity index (χ4n) is 3.93. The van der Waals surface area contributed by atoms with Crippen molar-refractivity contribution in [3.63, 3.8) is 0 Å². The van der Waals surface area contributed by atoms with Crippen molar-refractivity contribution < 1.29 is 18.0 Å². The van der Waals surface area contributed by atoms with Gasteiger partial charge < -0.3 is 9.88 Å². The zero-order valence-corrected chi connectivity index (χ0v) is 19.5. The number of halogens is 4. The van der Waals surface area contributed by atoms with E-state index >= 15 is 0 Å². The molecule has 0 aliphatic carbocycles. The van der Waals surface area contributed by atoms with E-state index in [0.29, 0.717) is 29.9 Å². The van der Waals surface area contributed by atoms with E-state index in [1.807, 2.05) is 29.8 Å². The van der Waals surface area contributed by atoms with Crippen molar-refractivity contribution in [1.82, 2.24) is 25.1 Å². The fraction of sp³-hybridized carbons (Fsp3) is 0.391. The van der Waals surface area contributed by atoms with Crippen LogP contribution in [0, 0.1) is 0 Å². The first-order chi connectivity index (χ1) is 16.1. The van der Waals surface area contributed by atoms with Crippen LogP contribution in [0.1, 0.15) is 52.1 Å². The average Bonchev–Trinajstić information content (AvgIpc) is 3.32. The van der Waals surface area contributed by atoms with E-state index < -0.39 is 12.6 Å². The second-order valence-corrected chi connectivity index (χ2v) is 8.86. The molecule has 0 spiro atoms. The third kappa shape index (κ3) is 5.56. The summed E-state index contributed by atoms with van der Waals surface area (Å²) in [5.74, 6) is 1.18. The van der Waals surface area contributed by atoms with Gasteiger partial charge in [-0.3, -0.25) is 9.69 Å². The van der Waals surface area contributed by atoms with Gasteiger partial charge in [0.1, 0.15) is 23.1 Å². The molecule has 0 unspecified atom stereocenters. The van der Waals surface area contributed by atoms with Crippen LogP contribution in [0.3, 0.4) is 0 Å². The van der Waals surface area contributed by atoms with Crippen LogP contribution in [-0.4, -0.2) is 38.4 Å². The predicted molar refractivity (Wildman–Crippen MR) is 122 cm³/mol. The molecular formula is C23H24ClF3N6O. The van der Waals surface area contributed by atoms with E-state index in [0.717, 1.165) is 17.0 Å². The van der Waals surface area contributed by atoms with Crippen molar-refractivity contribution in [2.75, 3.05) is 11.4 Å². The van der Waals surface area contributed by atoms with Crippen LogP contribution in [0.25, 0.3) is 0 Å². The molecule has 0 saturated heterocycles. The van der Waals surface area contributed by atoms with Crippen molar-refractivity contribution in [3.05, 3.63) is 69.9 Å². The first kappa shape index (κ1) is 24.2. The van der Waals surface area contributed by atoms with Gasteiger partial charge in [-0.15, -0.1) is 10.2 Å². The summed E-state index contributed by atoms with van der Waals surface area (Å²) >= 11 is 6.15. The van der Waals surface area contributed by atoms with Crippen molar-refractivity contribution in [1.29, 1.82) is 0 Å². The number of pyridine rings is 1. The van der Waals surface area contributed by atoms with Gasteiger partial charge in [0.2, 0.25) is 0 Å².